The molecule has 4 aromatic rings. The van der Waals surface area contributed by atoms with Gasteiger partial charge in [0, 0.05) is 5.69 Å². The second-order valence-corrected chi connectivity index (χ2v) is 7.35. The van der Waals surface area contributed by atoms with Crippen molar-refractivity contribution < 1.29 is 0 Å². The van der Waals surface area contributed by atoms with Crippen LogP contribution in [0, 0.1) is 6.92 Å². The number of hydrogen-bond acceptors (Lipinski definition) is 8. The van der Waals surface area contributed by atoms with E-state index in [9.17, 15) is 0 Å². The van der Waals surface area contributed by atoms with Crippen LogP contribution < -0.4 is 11.1 Å². The summed E-state index contributed by atoms with van der Waals surface area (Å²) in [6, 6.07) is 17.9. The number of hydrogen-bond donors (Lipinski definition) is 3. The standard InChI is InChI=1S/C21H20N8S/c1-14-7-5-6-10-16(14)23-20-25-18(24-19(22)27-20)13-30-21-26-17(28-29-21)12-11-15-8-3-2-4-9-15/h2-12H,13H2,1H3,(H,26,28,29)(H3,22,23,24,25,27)/b12-11+. The predicted molar refractivity (Wildman–Crippen MR) is 120 cm³/mol. The molecule has 0 aliphatic rings. The minimum Gasteiger partial charge on any atom is -0.368 e. The summed E-state index contributed by atoms with van der Waals surface area (Å²) in [7, 11) is 0. The molecule has 30 heavy (non-hydrogen) atoms. The van der Waals surface area contributed by atoms with Crippen molar-refractivity contribution in [2.24, 2.45) is 0 Å². The fourth-order valence-electron chi connectivity index (χ4n) is 2.66. The van der Waals surface area contributed by atoms with Gasteiger partial charge in [0.25, 0.3) is 0 Å². The fraction of sp³-hybridized carbons (Fsp3) is 0.0952. The highest BCUT2D eigenvalue weighted by Crippen LogP contribution is 2.21. The first-order valence-corrected chi connectivity index (χ1v) is 10.3. The molecule has 9 heteroatoms. The van der Waals surface area contributed by atoms with E-state index in [4.69, 9.17) is 5.73 Å². The van der Waals surface area contributed by atoms with E-state index < -0.39 is 0 Å². The first-order chi connectivity index (χ1) is 14.7. The Morgan fingerprint density at radius 1 is 0.967 bits per heavy atom. The van der Waals surface area contributed by atoms with Gasteiger partial charge < -0.3 is 11.1 Å². The zero-order valence-electron chi connectivity index (χ0n) is 16.3. The molecule has 8 nitrogen and oxygen atoms in total. The van der Waals surface area contributed by atoms with Gasteiger partial charge in [0.1, 0.15) is 11.6 Å². The Bertz CT molecular complexity index is 1160. The zero-order chi connectivity index (χ0) is 20.8. The Morgan fingerprint density at radius 2 is 1.77 bits per heavy atom. The summed E-state index contributed by atoms with van der Waals surface area (Å²) >= 11 is 1.42. The Morgan fingerprint density at radius 3 is 2.60 bits per heavy atom. The number of aromatic amines is 1. The van der Waals surface area contributed by atoms with Crippen LogP contribution in [0.5, 0.6) is 0 Å². The summed E-state index contributed by atoms with van der Waals surface area (Å²) in [5.74, 6) is 2.27. The topological polar surface area (TPSA) is 118 Å². The predicted octanol–water partition coefficient (Wildman–Crippen LogP) is 4.09. The van der Waals surface area contributed by atoms with Crippen LogP contribution in [0.4, 0.5) is 17.6 Å². The number of aromatic nitrogens is 6. The summed E-state index contributed by atoms with van der Waals surface area (Å²) in [5, 5.41) is 10.9. The van der Waals surface area contributed by atoms with Crippen molar-refractivity contribution >= 4 is 41.5 Å². The van der Waals surface area contributed by atoms with Gasteiger partial charge in [-0.2, -0.15) is 15.0 Å². The van der Waals surface area contributed by atoms with Crippen LogP contribution in [0.3, 0.4) is 0 Å². The SMILES string of the molecule is Cc1ccccc1Nc1nc(N)nc(CSc2n[nH]c(/C=C/c3ccccc3)n2)n1. The first kappa shape index (κ1) is 19.6. The molecule has 0 aliphatic carbocycles. The average Bonchev–Trinajstić information content (AvgIpc) is 3.21. The zero-order valence-corrected chi connectivity index (χ0v) is 17.1. The highest BCUT2D eigenvalue weighted by molar-refractivity contribution is 7.98. The molecule has 150 valence electrons. The van der Waals surface area contributed by atoms with Crippen molar-refractivity contribution in [2.75, 3.05) is 11.1 Å². The highest BCUT2D eigenvalue weighted by atomic mass is 32.2. The Balaban J connectivity index is 1.40. The monoisotopic (exact) mass is 416 g/mol. The van der Waals surface area contributed by atoms with Gasteiger partial charge in [-0.05, 0) is 30.2 Å². The molecular formula is C21H20N8S. The Labute approximate surface area is 178 Å². The number of thioether (sulfide) groups is 1. The molecule has 2 aromatic carbocycles. The van der Waals surface area contributed by atoms with Gasteiger partial charge in [-0.1, -0.05) is 66.4 Å². The maximum absolute atomic E-state index is 5.86. The molecule has 0 saturated carbocycles. The molecular weight excluding hydrogens is 396 g/mol. The number of aryl methyl sites for hydroxylation is 1. The number of H-pyrrole nitrogens is 1. The van der Waals surface area contributed by atoms with E-state index in [0.29, 0.717) is 28.5 Å². The van der Waals surface area contributed by atoms with Crippen LogP contribution in [0.1, 0.15) is 22.8 Å². The number of nitrogens with one attached hydrogen (secondary N) is 2. The summed E-state index contributed by atoms with van der Waals surface area (Å²) < 4.78 is 0. The lowest BCUT2D eigenvalue weighted by Gasteiger charge is -2.09. The summed E-state index contributed by atoms with van der Waals surface area (Å²) in [6.45, 7) is 2.01. The molecule has 0 spiro atoms. The number of rotatable bonds is 7. The third kappa shape index (κ3) is 5.21. The van der Waals surface area contributed by atoms with Crippen molar-refractivity contribution in [3.63, 3.8) is 0 Å². The number of nitrogens with two attached hydrogens (primary N) is 1. The van der Waals surface area contributed by atoms with E-state index in [1.165, 1.54) is 11.8 Å². The number of nitrogens with zero attached hydrogens (tertiary/aromatic N) is 5. The molecule has 0 atom stereocenters. The van der Waals surface area contributed by atoms with Crippen LogP contribution in [0.2, 0.25) is 0 Å². The minimum absolute atomic E-state index is 0.165. The lowest BCUT2D eigenvalue weighted by atomic mass is 10.2. The van der Waals surface area contributed by atoms with Gasteiger partial charge in [-0.3, -0.25) is 5.10 Å². The van der Waals surface area contributed by atoms with Gasteiger partial charge in [-0.15, -0.1) is 5.10 Å². The van der Waals surface area contributed by atoms with Gasteiger partial charge >= 0.3 is 0 Å². The van der Waals surface area contributed by atoms with Crippen LogP contribution in [0.15, 0.2) is 59.8 Å². The third-order valence-corrected chi connectivity index (χ3v) is 4.98. The number of benzene rings is 2. The van der Waals surface area contributed by atoms with Crippen LogP contribution in [-0.2, 0) is 5.75 Å². The average molecular weight is 417 g/mol. The summed E-state index contributed by atoms with van der Waals surface area (Å²) in [6.07, 6.45) is 3.86. The van der Waals surface area contributed by atoms with Gasteiger partial charge in [0.05, 0.1) is 5.75 Å². The van der Waals surface area contributed by atoms with Crippen molar-refractivity contribution in [2.45, 2.75) is 17.8 Å². The molecule has 0 unspecified atom stereocenters. The smallest absolute Gasteiger partial charge is 0.232 e. The van der Waals surface area contributed by atoms with Crippen molar-refractivity contribution in [1.82, 2.24) is 30.1 Å². The maximum atomic E-state index is 5.86. The number of nitrogen functional groups attached to an aromatic ring is 1. The van der Waals surface area contributed by atoms with Crippen molar-refractivity contribution in [3.8, 4) is 0 Å². The van der Waals surface area contributed by atoms with E-state index in [1.807, 2.05) is 73.7 Å². The van der Waals surface area contributed by atoms with E-state index in [1.54, 1.807) is 0 Å². The second-order valence-electron chi connectivity index (χ2n) is 6.41. The van der Waals surface area contributed by atoms with E-state index in [2.05, 4.69) is 35.5 Å². The maximum Gasteiger partial charge on any atom is 0.232 e. The van der Waals surface area contributed by atoms with Gasteiger partial charge in [0.2, 0.25) is 17.1 Å². The van der Waals surface area contributed by atoms with Crippen LogP contribution in [-0.4, -0.2) is 30.1 Å². The summed E-state index contributed by atoms with van der Waals surface area (Å²) in [4.78, 5) is 17.3. The Hall–Kier alpha value is -3.72. The molecule has 2 heterocycles. The summed E-state index contributed by atoms with van der Waals surface area (Å²) in [5.41, 5.74) is 8.96. The molecule has 4 rings (SSSR count). The highest BCUT2D eigenvalue weighted by Gasteiger charge is 2.09. The molecule has 0 fully saturated rings. The molecule has 0 amide bonds. The van der Waals surface area contributed by atoms with Gasteiger partial charge in [-0.25, -0.2) is 4.98 Å². The Kier molecular flexibility index (Phi) is 6.00. The van der Waals surface area contributed by atoms with E-state index >= 15 is 0 Å². The normalized spacial score (nSPS) is 11.1. The quantitative estimate of drug-likeness (QED) is 0.386. The largest absolute Gasteiger partial charge is 0.368 e. The second kappa shape index (κ2) is 9.19. The number of anilines is 3. The van der Waals surface area contributed by atoms with Gasteiger partial charge in [0.15, 0.2) is 0 Å². The molecule has 0 bridgehead atoms. The van der Waals surface area contributed by atoms with Crippen molar-refractivity contribution in [3.05, 3.63) is 77.4 Å². The third-order valence-electron chi connectivity index (χ3n) is 4.14. The molecule has 4 N–H and O–H groups in total. The molecule has 0 radical (unpaired) electrons. The molecule has 0 aliphatic heterocycles. The lowest BCUT2D eigenvalue weighted by molar-refractivity contribution is 0.955. The van der Waals surface area contributed by atoms with E-state index in [-0.39, 0.29) is 5.95 Å². The molecule has 2 aromatic heterocycles. The van der Waals surface area contributed by atoms with Crippen molar-refractivity contribution in [1.29, 1.82) is 0 Å². The number of para-hydroxylation sites is 1. The van der Waals surface area contributed by atoms with Crippen LogP contribution in [0.25, 0.3) is 12.2 Å². The fourth-order valence-corrected chi connectivity index (χ4v) is 3.32. The lowest BCUT2D eigenvalue weighted by Crippen LogP contribution is -2.07. The van der Waals surface area contributed by atoms with E-state index in [0.717, 1.165) is 16.8 Å². The minimum atomic E-state index is 0.165. The first-order valence-electron chi connectivity index (χ1n) is 9.27. The molecule has 0 saturated heterocycles. The van der Waals surface area contributed by atoms with Crippen LogP contribution >= 0.6 is 11.8 Å².